The zero-order valence-electron chi connectivity index (χ0n) is 12.2. The molecule has 0 spiro atoms. The van der Waals surface area contributed by atoms with Crippen molar-refractivity contribution in [3.05, 3.63) is 18.2 Å². The number of aromatic nitrogens is 2. The molecule has 0 radical (unpaired) electrons. The zero-order valence-corrected chi connectivity index (χ0v) is 12.2. The standard InChI is InChI=1S/C16H25N3O/c1-2-6-13(7-3-1)16-18-10-15(11-19-16)20-12-14-8-4-5-9-17-14/h10-11,13-14,17H,1-9,12H2. The van der Waals surface area contributed by atoms with Crippen molar-refractivity contribution in [2.45, 2.75) is 63.3 Å². The second-order valence-corrected chi connectivity index (χ2v) is 6.07. The van der Waals surface area contributed by atoms with Crippen molar-refractivity contribution >= 4 is 0 Å². The molecule has 1 aromatic heterocycles. The molecule has 1 saturated carbocycles. The molecule has 2 fully saturated rings. The first kappa shape index (κ1) is 13.8. The molecule has 3 rings (SSSR count). The smallest absolute Gasteiger partial charge is 0.155 e. The van der Waals surface area contributed by atoms with Gasteiger partial charge in [-0.3, -0.25) is 0 Å². The normalized spacial score (nSPS) is 24.5. The summed E-state index contributed by atoms with van der Waals surface area (Å²) in [4.78, 5) is 9.02. The summed E-state index contributed by atoms with van der Waals surface area (Å²) in [6.07, 6.45) is 14.0. The molecular formula is C16H25N3O. The molecule has 20 heavy (non-hydrogen) atoms. The van der Waals surface area contributed by atoms with E-state index < -0.39 is 0 Å². The lowest BCUT2D eigenvalue weighted by molar-refractivity contribution is 0.237. The molecule has 0 bridgehead atoms. The lowest BCUT2D eigenvalue weighted by atomic mass is 9.89. The van der Waals surface area contributed by atoms with Gasteiger partial charge in [-0.25, -0.2) is 9.97 Å². The molecule has 110 valence electrons. The molecule has 1 aliphatic carbocycles. The van der Waals surface area contributed by atoms with Gasteiger partial charge in [-0.1, -0.05) is 25.7 Å². The Kier molecular flexibility index (Phi) is 4.85. The number of hydrogen-bond donors (Lipinski definition) is 1. The third kappa shape index (κ3) is 3.69. The van der Waals surface area contributed by atoms with Crippen LogP contribution in [0.1, 0.15) is 63.1 Å². The minimum absolute atomic E-state index is 0.488. The maximum Gasteiger partial charge on any atom is 0.155 e. The van der Waals surface area contributed by atoms with Gasteiger partial charge in [0.05, 0.1) is 12.4 Å². The van der Waals surface area contributed by atoms with Crippen LogP contribution in [0.4, 0.5) is 0 Å². The highest BCUT2D eigenvalue weighted by atomic mass is 16.5. The first-order valence-electron chi connectivity index (χ1n) is 8.10. The number of piperidine rings is 1. The summed E-state index contributed by atoms with van der Waals surface area (Å²) < 4.78 is 5.80. The van der Waals surface area contributed by atoms with Gasteiger partial charge >= 0.3 is 0 Å². The molecule has 1 aromatic rings. The van der Waals surface area contributed by atoms with Crippen molar-refractivity contribution in [3.63, 3.8) is 0 Å². The van der Waals surface area contributed by atoms with Crippen LogP contribution in [0.5, 0.6) is 5.75 Å². The van der Waals surface area contributed by atoms with Gasteiger partial charge in [0.15, 0.2) is 5.75 Å². The molecular weight excluding hydrogens is 250 g/mol. The molecule has 2 heterocycles. The summed E-state index contributed by atoms with van der Waals surface area (Å²) in [6, 6.07) is 0.488. The van der Waals surface area contributed by atoms with E-state index in [0.29, 0.717) is 12.0 Å². The Morgan fingerprint density at radius 1 is 1.00 bits per heavy atom. The molecule has 2 aliphatic rings. The van der Waals surface area contributed by atoms with E-state index in [1.165, 1.54) is 51.4 Å². The number of ether oxygens (including phenoxy) is 1. The summed E-state index contributed by atoms with van der Waals surface area (Å²) in [7, 11) is 0. The quantitative estimate of drug-likeness (QED) is 0.917. The first-order chi connectivity index (χ1) is 9.92. The van der Waals surface area contributed by atoms with Crippen molar-refractivity contribution in [2.24, 2.45) is 0 Å². The lowest BCUT2D eigenvalue weighted by Gasteiger charge is -2.23. The molecule has 0 amide bonds. The average molecular weight is 275 g/mol. The highest BCUT2D eigenvalue weighted by Gasteiger charge is 2.18. The average Bonchev–Trinajstić information content (AvgIpc) is 2.55. The highest BCUT2D eigenvalue weighted by molar-refractivity contribution is 5.14. The van der Waals surface area contributed by atoms with Crippen molar-refractivity contribution in [1.29, 1.82) is 0 Å². The first-order valence-corrected chi connectivity index (χ1v) is 8.10. The van der Waals surface area contributed by atoms with Gasteiger partial charge in [0.25, 0.3) is 0 Å². The van der Waals surface area contributed by atoms with E-state index in [-0.39, 0.29) is 0 Å². The van der Waals surface area contributed by atoms with Gasteiger partial charge in [0, 0.05) is 12.0 Å². The van der Waals surface area contributed by atoms with Crippen LogP contribution >= 0.6 is 0 Å². The van der Waals surface area contributed by atoms with Gasteiger partial charge < -0.3 is 10.1 Å². The second-order valence-electron chi connectivity index (χ2n) is 6.07. The predicted molar refractivity (Wildman–Crippen MR) is 79.0 cm³/mol. The van der Waals surface area contributed by atoms with Crippen LogP contribution in [0.2, 0.25) is 0 Å². The van der Waals surface area contributed by atoms with Crippen molar-refractivity contribution < 1.29 is 4.74 Å². The van der Waals surface area contributed by atoms with E-state index in [1.54, 1.807) is 0 Å². The summed E-state index contributed by atoms with van der Waals surface area (Å²) in [5.41, 5.74) is 0. The van der Waals surface area contributed by atoms with Crippen LogP contribution in [-0.2, 0) is 0 Å². The zero-order chi connectivity index (χ0) is 13.6. The van der Waals surface area contributed by atoms with Gasteiger partial charge in [0.1, 0.15) is 12.4 Å². The molecule has 4 nitrogen and oxygen atoms in total. The van der Waals surface area contributed by atoms with Gasteiger partial charge in [0.2, 0.25) is 0 Å². The Balaban J connectivity index is 1.50. The fourth-order valence-electron chi connectivity index (χ4n) is 3.24. The SMILES string of the molecule is c1nc(C2CCCCC2)ncc1OCC1CCCCN1. The van der Waals surface area contributed by atoms with Crippen LogP contribution < -0.4 is 10.1 Å². The van der Waals surface area contributed by atoms with Crippen LogP contribution in [0, 0.1) is 0 Å². The topological polar surface area (TPSA) is 47.0 Å². The van der Waals surface area contributed by atoms with E-state index >= 15 is 0 Å². The van der Waals surface area contributed by atoms with Gasteiger partial charge in [-0.05, 0) is 32.2 Å². The third-order valence-corrected chi connectivity index (χ3v) is 4.48. The number of hydrogen-bond acceptors (Lipinski definition) is 4. The third-order valence-electron chi connectivity index (χ3n) is 4.48. The Bertz CT molecular complexity index is 395. The molecule has 1 unspecified atom stereocenters. The Morgan fingerprint density at radius 2 is 1.75 bits per heavy atom. The molecule has 1 N–H and O–H groups in total. The maximum absolute atomic E-state index is 5.80. The fraction of sp³-hybridized carbons (Fsp3) is 0.750. The Hall–Kier alpha value is -1.16. The minimum Gasteiger partial charge on any atom is -0.489 e. The van der Waals surface area contributed by atoms with Crippen LogP contribution in [0.3, 0.4) is 0 Å². The van der Waals surface area contributed by atoms with E-state index in [1.807, 2.05) is 12.4 Å². The van der Waals surface area contributed by atoms with E-state index in [4.69, 9.17) is 4.74 Å². The molecule has 1 aliphatic heterocycles. The molecule has 0 aromatic carbocycles. The number of nitrogens with one attached hydrogen (secondary N) is 1. The van der Waals surface area contributed by atoms with E-state index in [0.717, 1.165) is 24.7 Å². The summed E-state index contributed by atoms with van der Waals surface area (Å²) in [5.74, 6) is 2.38. The van der Waals surface area contributed by atoms with Crippen molar-refractivity contribution in [2.75, 3.05) is 13.2 Å². The summed E-state index contributed by atoms with van der Waals surface area (Å²) in [6.45, 7) is 1.84. The van der Waals surface area contributed by atoms with Crippen LogP contribution in [0.15, 0.2) is 12.4 Å². The van der Waals surface area contributed by atoms with Gasteiger partial charge in [-0.15, -0.1) is 0 Å². The Labute approximate surface area is 121 Å². The predicted octanol–water partition coefficient (Wildman–Crippen LogP) is 3.05. The second kappa shape index (κ2) is 7.02. The Morgan fingerprint density at radius 3 is 2.45 bits per heavy atom. The minimum atomic E-state index is 0.488. The molecule has 1 saturated heterocycles. The van der Waals surface area contributed by atoms with Crippen molar-refractivity contribution in [3.8, 4) is 5.75 Å². The van der Waals surface area contributed by atoms with E-state index in [9.17, 15) is 0 Å². The lowest BCUT2D eigenvalue weighted by Crippen LogP contribution is -2.38. The summed E-state index contributed by atoms with van der Waals surface area (Å²) >= 11 is 0. The van der Waals surface area contributed by atoms with E-state index in [2.05, 4.69) is 15.3 Å². The van der Waals surface area contributed by atoms with Crippen molar-refractivity contribution in [1.82, 2.24) is 15.3 Å². The number of rotatable bonds is 4. The maximum atomic E-state index is 5.80. The highest BCUT2D eigenvalue weighted by Crippen LogP contribution is 2.30. The van der Waals surface area contributed by atoms with Crippen LogP contribution in [-0.4, -0.2) is 29.2 Å². The number of nitrogens with zero attached hydrogens (tertiary/aromatic N) is 2. The van der Waals surface area contributed by atoms with Crippen LogP contribution in [0.25, 0.3) is 0 Å². The largest absolute Gasteiger partial charge is 0.489 e. The van der Waals surface area contributed by atoms with Gasteiger partial charge in [-0.2, -0.15) is 0 Å². The monoisotopic (exact) mass is 275 g/mol. The molecule has 1 atom stereocenters. The fourth-order valence-corrected chi connectivity index (χ4v) is 3.24. The summed E-state index contributed by atoms with van der Waals surface area (Å²) in [5, 5.41) is 3.49. The molecule has 4 heteroatoms.